The van der Waals surface area contributed by atoms with Crippen LogP contribution in [0.25, 0.3) is 0 Å². The molecular formula is C13H18ClN2O2+. The molecule has 1 fully saturated rings. The zero-order chi connectivity index (χ0) is 13.0. The molecule has 0 aliphatic carbocycles. The highest BCUT2D eigenvalue weighted by atomic mass is 35.5. The number of rotatable bonds is 3. The van der Waals surface area contributed by atoms with Crippen LogP contribution in [0.1, 0.15) is 31.2 Å². The molecule has 1 N–H and O–H groups in total. The number of quaternary nitrogens is 1. The van der Waals surface area contributed by atoms with E-state index in [4.69, 9.17) is 11.6 Å². The largest absolute Gasteiger partial charge is 0.331 e. The third kappa shape index (κ3) is 3.43. The fraction of sp³-hybridized carbons (Fsp3) is 0.538. The third-order valence-corrected chi connectivity index (χ3v) is 3.86. The van der Waals surface area contributed by atoms with Gasteiger partial charge in [-0.1, -0.05) is 11.6 Å². The molecule has 1 heterocycles. The first kappa shape index (κ1) is 13.3. The fourth-order valence-corrected chi connectivity index (χ4v) is 2.67. The first-order chi connectivity index (χ1) is 8.66. The van der Waals surface area contributed by atoms with E-state index >= 15 is 0 Å². The minimum atomic E-state index is -0.364. The fourth-order valence-electron chi connectivity index (χ4n) is 2.48. The van der Waals surface area contributed by atoms with Crippen molar-refractivity contribution in [3.63, 3.8) is 0 Å². The number of hydrogen-bond acceptors (Lipinski definition) is 2. The zero-order valence-electron chi connectivity index (χ0n) is 10.3. The van der Waals surface area contributed by atoms with Crippen molar-refractivity contribution in [3.05, 3.63) is 38.9 Å². The highest BCUT2D eigenvalue weighted by Gasteiger charge is 2.17. The summed E-state index contributed by atoms with van der Waals surface area (Å²) < 4.78 is 0. The minimum absolute atomic E-state index is 0.128. The molecule has 0 unspecified atom stereocenters. The van der Waals surface area contributed by atoms with Crippen LogP contribution in [0.3, 0.4) is 0 Å². The van der Waals surface area contributed by atoms with Gasteiger partial charge in [0.1, 0.15) is 6.54 Å². The van der Waals surface area contributed by atoms with Crippen LogP contribution < -0.4 is 4.90 Å². The smallest absolute Gasteiger partial charge is 0.270 e. The Labute approximate surface area is 112 Å². The molecule has 0 bridgehead atoms. The van der Waals surface area contributed by atoms with Gasteiger partial charge in [0.25, 0.3) is 5.69 Å². The number of benzene rings is 1. The number of halogens is 1. The van der Waals surface area contributed by atoms with Crippen molar-refractivity contribution in [2.75, 3.05) is 13.1 Å². The predicted octanol–water partition coefficient (Wildman–Crippen LogP) is 2.21. The molecule has 1 aromatic rings. The summed E-state index contributed by atoms with van der Waals surface area (Å²) in [5.74, 6) is 0. The highest BCUT2D eigenvalue weighted by molar-refractivity contribution is 6.31. The van der Waals surface area contributed by atoms with E-state index in [-0.39, 0.29) is 10.6 Å². The van der Waals surface area contributed by atoms with Gasteiger partial charge in [-0.2, -0.15) is 0 Å². The monoisotopic (exact) mass is 269 g/mol. The summed E-state index contributed by atoms with van der Waals surface area (Å²) in [6, 6.07) is 4.70. The first-order valence-electron chi connectivity index (χ1n) is 6.43. The number of nitro groups is 1. The highest BCUT2D eigenvalue weighted by Crippen LogP contribution is 2.21. The lowest BCUT2D eigenvalue weighted by Gasteiger charge is -2.17. The maximum Gasteiger partial charge on any atom is 0.270 e. The van der Waals surface area contributed by atoms with E-state index in [1.54, 1.807) is 12.1 Å². The predicted molar refractivity (Wildman–Crippen MR) is 71.0 cm³/mol. The lowest BCUT2D eigenvalue weighted by atomic mass is 10.2. The molecule has 0 saturated carbocycles. The lowest BCUT2D eigenvalue weighted by Crippen LogP contribution is -3.10. The van der Waals surface area contributed by atoms with Crippen molar-refractivity contribution < 1.29 is 9.82 Å². The second-order valence-corrected chi connectivity index (χ2v) is 5.28. The lowest BCUT2D eigenvalue weighted by molar-refractivity contribution is -0.913. The number of nitrogens with zero attached hydrogens (tertiary/aromatic N) is 1. The van der Waals surface area contributed by atoms with Crippen LogP contribution in [0.2, 0.25) is 5.02 Å². The van der Waals surface area contributed by atoms with Gasteiger partial charge in [-0.15, -0.1) is 0 Å². The van der Waals surface area contributed by atoms with Crippen LogP contribution in [0.4, 0.5) is 5.69 Å². The Hall–Kier alpha value is -1.13. The Morgan fingerprint density at radius 3 is 2.50 bits per heavy atom. The van der Waals surface area contributed by atoms with Gasteiger partial charge >= 0.3 is 0 Å². The van der Waals surface area contributed by atoms with Crippen molar-refractivity contribution >= 4 is 17.3 Å². The average molecular weight is 270 g/mol. The van der Waals surface area contributed by atoms with Crippen molar-refractivity contribution in [2.45, 2.75) is 32.2 Å². The quantitative estimate of drug-likeness (QED) is 0.676. The van der Waals surface area contributed by atoms with E-state index in [0.717, 1.165) is 25.2 Å². The van der Waals surface area contributed by atoms with Crippen molar-refractivity contribution in [2.24, 2.45) is 0 Å². The minimum Gasteiger partial charge on any atom is -0.331 e. The van der Waals surface area contributed by atoms with Gasteiger partial charge in [0, 0.05) is 22.7 Å². The summed E-state index contributed by atoms with van der Waals surface area (Å²) >= 11 is 6.12. The van der Waals surface area contributed by atoms with E-state index in [2.05, 4.69) is 0 Å². The Balaban J connectivity index is 2.11. The summed E-state index contributed by atoms with van der Waals surface area (Å²) in [7, 11) is 0. The molecule has 18 heavy (non-hydrogen) atoms. The third-order valence-electron chi connectivity index (χ3n) is 3.49. The van der Waals surface area contributed by atoms with Crippen LogP contribution in [-0.4, -0.2) is 18.0 Å². The van der Waals surface area contributed by atoms with E-state index in [1.807, 2.05) is 0 Å². The number of nitrogens with one attached hydrogen (secondary N) is 1. The second kappa shape index (κ2) is 6.16. The molecule has 1 aliphatic heterocycles. The molecule has 0 atom stereocenters. The molecule has 98 valence electrons. The summed E-state index contributed by atoms with van der Waals surface area (Å²) in [6.07, 6.45) is 5.07. The van der Waals surface area contributed by atoms with Crippen molar-refractivity contribution in [1.82, 2.24) is 0 Å². The van der Waals surface area contributed by atoms with Crippen LogP contribution in [0.15, 0.2) is 18.2 Å². The SMILES string of the molecule is O=[N+]([O-])c1ccc(Cl)c(C[NH+]2CCCCCC2)c1. The van der Waals surface area contributed by atoms with Gasteiger partial charge in [-0.05, 0) is 31.7 Å². The zero-order valence-corrected chi connectivity index (χ0v) is 11.1. The van der Waals surface area contributed by atoms with Gasteiger partial charge in [0.15, 0.2) is 0 Å². The first-order valence-corrected chi connectivity index (χ1v) is 6.81. The molecule has 1 saturated heterocycles. The molecule has 4 nitrogen and oxygen atoms in total. The molecule has 0 spiro atoms. The Kier molecular flexibility index (Phi) is 4.55. The molecule has 0 aromatic heterocycles. The van der Waals surface area contributed by atoms with E-state index < -0.39 is 0 Å². The van der Waals surface area contributed by atoms with Gasteiger partial charge in [0.2, 0.25) is 0 Å². The van der Waals surface area contributed by atoms with Crippen molar-refractivity contribution in [1.29, 1.82) is 0 Å². The van der Waals surface area contributed by atoms with Gasteiger partial charge in [-0.3, -0.25) is 10.1 Å². The maximum absolute atomic E-state index is 10.8. The van der Waals surface area contributed by atoms with Crippen molar-refractivity contribution in [3.8, 4) is 0 Å². The molecular weight excluding hydrogens is 252 g/mol. The van der Waals surface area contributed by atoms with Crippen LogP contribution in [0, 0.1) is 10.1 Å². The normalized spacial score (nSPS) is 17.4. The summed E-state index contributed by atoms with van der Waals surface area (Å²) in [6.45, 7) is 3.07. The maximum atomic E-state index is 10.8. The standard InChI is InChI=1S/C13H17ClN2O2/c14-13-6-5-12(16(17)18)9-11(13)10-15-7-3-1-2-4-8-15/h5-6,9H,1-4,7-8,10H2/p+1. The average Bonchev–Trinajstić information content (AvgIpc) is 2.60. The van der Waals surface area contributed by atoms with E-state index in [9.17, 15) is 10.1 Å². The summed E-state index contributed by atoms with van der Waals surface area (Å²) in [5.41, 5.74) is 1.02. The van der Waals surface area contributed by atoms with Crippen LogP contribution in [0.5, 0.6) is 0 Å². The van der Waals surface area contributed by atoms with Gasteiger partial charge in [0.05, 0.1) is 18.0 Å². The summed E-state index contributed by atoms with van der Waals surface area (Å²) in [5, 5.41) is 11.4. The van der Waals surface area contributed by atoms with Gasteiger partial charge in [-0.25, -0.2) is 0 Å². The molecule has 5 heteroatoms. The molecule has 0 amide bonds. The van der Waals surface area contributed by atoms with E-state index in [1.165, 1.54) is 36.6 Å². The number of likely N-dealkylation sites (tertiary alicyclic amines) is 1. The van der Waals surface area contributed by atoms with Crippen LogP contribution in [-0.2, 0) is 6.54 Å². The van der Waals surface area contributed by atoms with E-state index in [0.29, 0.717) is 5.02 Å². The Bertz CT molecular complexity index is 429. The van der Waals surface area contributed by atoms with Gasteiger partial charge < -0.3 is 4.90 Å². The van der Waals surface area contributed by atoms with Crippen LogP contribution >= 0.6 is 11.6 Å². The molecule has 2 rings (SSSR count). The Morgan fingerprint density at radius 2 is 1.89 bits per heavy atom. The summed E-state index contributed by atoms with van der Waals surface area (Å²) in [4.78, 5) is 11.9. The number of non-ortho nitro benzene ring substituents is 1. The second-order valence-electron chi connectivity index (χ2n) is 4.87. The number of hydrogen-bond donors (Lipinski definition) is 1. The molecule has 0 radical (unpaired) electrons. The Morgan fingerprint density at radius 1 is 1.22 bits per heavy atom. The molecule has 1 aliphatic rings. The topological polar surface area (TPSA) is 47.6 Å². The number of nitro benzene ring substituents is 1. The molecule has 1 aromatic carbocycles.